The maximum Gasteiger partial charge on any atom is 0.309 e. The van der Waals surface area contributed by atoms with Crippen molar-refractivity contribution in [1.82, 2.24) is 29.4 Å². The van der Waals surface area contributed by atoms with Crippen LogP contribution in [0.25, 0.3) is 21.3 Å². The molecule has 2 N–H and O–H groups in total. The number of benzene rings is 2. The number of thiazole rings is 1. The first-order valence-electron chi connectivity index (χ1n) is 21.1. The SMILES string of the molecule is CCOC(=O)C1CCN(CCS(=O)(=O)NC(=O)c2nc(N3CCc4cccc(C(=O)Nc5nc6ccccc6s5)c4C3)ccc2-c2cnn(CC3CCCCC3)c2C)CC1. The molecular formula is C44H52N8O6S2. The number of fused-ring (bicyclic) bond motifs is 2. The number of ether oxygens (including phenoxy) is 1. The summed E-state index contributed by atoms with van der Waals surface area (Å²) in [5, 5.41) is 8.24. The van der Waals surface area contributed by atoms with E-state index < -0.39 is 15.9 Å². The zero-order chi connectivity index (χ0) is 41.8. The molecule has 1 aliphatic carbocycles. The highest BCUT2D eigenvalue weighted by molar-refractivity contribution is 7.90. The third-order valence-corrected chi connectivity index (χ3v) is 14.3. The third-order valence-electron chi connectivity index (χ3n) is 12.1. The molecule has 1 saturated heterocycles. The molecule has 0 radical (unpaired) electrons. The highest BCUT2D eigenvalue weighted by atomic mass is 32.2. The summed E-state index contributed by atoms with van der Waals surface area (Å²) in [6.07, 6.45) is 9.57. The van der Waals surface area contributed by atoms with Crippen molar-refractivity contribution in [2.45, 2.75) is 78.3 Å². The van der Waals surface area contributed by atoms with Crippen LogP contribution in [0.2, 0.25) is 0 Å². The summed E-state index contributed by atoms with van der Waals surface area (Å²) in [5.74, 6) is -0.745. The molecule has 5 aromatic rings. The van der Waals surface area contributed by atoms with Gasteiger partial charge >= 0.3 is 5.97 Å². The number of likely N-dealkylation sites (tertiary alicyclic amines) is 1. The van der Waals surface area contributed by atoms with E-state index in [-0.39, 0.29) is 35.8 Å². The average molecular weight is 853 g/mol. The number of nitrogens with zero attached hydrogens (tertiary/aromatic N) is 6. The van der Waals surface area contributed by atoms with E-state index in [2.05, 4.69) is 15.0 Å². The second kappa shape index (κ2) is 18.2. The second-order valence-electron chi connectivity index (χ2n) is 16.1. The van der Waals surface area contributed by atoms with Crippen LogP contribution in [0.4, 0.5) is 10.9 Å². The van der Waals surface area contributed by atoms with Crippen LogP contribution < -0.4 is 14.9 Å². The maximum atomic E-state index is 14.2. The predicted molar refractivity (Wildman–Crippen MR) is 233 cm³/mol. The van der Waals surface area contributed by atoms with Gasteiger partial charge in [0.05, 0.1) is 34.7 Å². The molecule has 3 aromatic heterocycles. The molecule has 0 atom stereocenters. The van der Waals surface area contributed by atoms with E-state index in [1.807, 2.05) is 76.0 Å². The minimum Gasteiger partial charge on any atom is -0.466 e. The van der Waals surface area contributed by atoms with Crippen LogP contribution in [-0.4, -0.2) is 89.4 Å². The number of aromatic nitrogens is 4. The number of amides is 2. The van der Waals surface area contributed by atoms with Crippen molar-refractivity contribution in [3.8, 4) is 11.1 Å². The number of carbonyl (C=O) groups excluding carboxylic acids is 3. The topological polar surface area (TPSA) is 169 Å². The van der Waals surface area contributed by atoms with Crippen molar-refractivity contribution in [2.75, 3.05) is 48.8 Å². The Morgan fingerprint density at radius 3 is 2.48 bits per heavy atom. The van der Waals surface area contributed by atoms with E-state index in [0.717, 1.165) is 52.0 Å². The van der Waals surface area contributed by atoms with E-state index >= 15 is 0 Å². The van der Waals surface area contributed by atoms with Crippen molar-refractivity contribution in [2.24, 2.45) is 11.8 Å². The van der Waals surface area contributed by atoms with Crippen molar-refractivity contribution in [3.63, 3.8) is 0 Å². The Balaban J connectivity index is 1.03. The summed E-state index contributed by atoms with van der Waals surface area (Å²) < 4.78 is 37.5. The predicted octanol–water partition coefficient (Wildman–Crippen LogP) is 6.59. The van der Waals surface area contributed by atoms with Gasteiger partial charge in [-0.15, -0.1) is 0 Å². The second-order valence-corrected chi connectivity index (χ2v) is 18.9. The van der Waals surface area contributed by atoms with Crippen molar-refractivity contribution < 1.29 is 27.5 Å². The van der Waals surface area contributed by atoms with Crippen molar-refractivity contribution >= 4 is 60.3 Å². The molecule has 316 valence electrons. The molecular weight excluding hydrogens is 801 g/mol. The van der Waals surface area contributed by atoms with Gasteiger partial charge in [-0.3, -0.25) is 24.4 Å². The molecule has 8 rings (SSSR count). The van der Waals surface area contributed by atoms with Crippen LogP contribution in [0.3, 0.4) is 0 Å². The molecule has 5 heterocycles. The fourth-order valence-electron chi connectivity index (χ4n) is 8.75. The van der Waals surface area contributed by atoms with E-state index in [1.165, 1.54) is 30.6 Å². The number of sulfonamides is 1. The number of para-hydroxylation sites is 1. The zero-order valence-corrected chi connectivity index (χ0v) is 35.8. The lowest BCUT2D eigenvalue weighted by atomic mass is 9.89. The van der Waals surface area contributed by atoms with Crippen LogP contribution >= 0.6 is 11.3 Å². The van der Waals surface area contributed by atoms with Crippen LogP contribution in [0.1, 0.15) is 89.5 Å². The van der Waals surface area contributed by atoms with E-state index in [9.17, 15) is 22.8 Å². The molecule has 0 unspecified atom stereocenters. The van der Waals surface area contributed by atoms with Crippen LogP contribution in [0, 0.1) is 18.8 Å². The first-order valence-corrected chi connectivity index (χ1v) is 23.5. The zero-order valence-electron chi connectivity index (χ0n) is 34.2. The largest absolute Gasteiger partial charge is 0.466 e. The van der Waals surface area contributed by atoms with Gasteiger partial charge < -0.3 is 14.5 Å². The van der Waals surface area contributed by atoms with E-state index in [0.29, 0.717) is 80.0 Å². The number of pyridine rings is 1. The standard InChI is InChI=1S/C44H52N8O6S2/c1-3-58-43(55)32-18-21-50(22-19-32)24-25-60(56,57)49-42(54)40-33(35-26-45-52(29(35)2)27-30-10-5-4-6-11-30)16-17-39(47-40)51-23-20-31-12-9-13-34(36(31)28-51)41(53)48-44-46-37-14-7-8-15-38(37)59-44/h7-9,12-17,26,30,32H,3-6,10-11,18-25,27-28H2,1-2H3,(H,49,54)(H,46,48,53). The number of anilines is 2. The smallest absolute Gasteiger partial charge is 0.309 e. The van der Waals surface area contributed by atoms with Gasteiger partial charge in [-0.2, -0.15) is 5.10 Å². The molecule has 2 aromatic carbocycles. The molecule has 2 aliphatic heterocycles. The molecule has 0 spiro atoms. The minimum absolute atomic E-state index is 0.0145. The number of rotatable bonds is 13. The van der Waals surface area contributed by atoms with Crippen LogP contribution in [0.15, 0.2) is 60.8 Å². The lowest BCUT2D eigenvalue weighted by Crippen LogP contribution is -2.42. The summed E-state index contributed by atoms with van der Waals surface area (Å²) >= 11 is 1.42. The van der Waals surface area contributed by atoms with Gasteiger partial charge in [-0.05, 0) is 106 Å². The van der Waals surface area contributed by atoms with Crippen LogP contribution in [-0.2, 0) is 39.1 Å². The fraction of sp³-hybridized carbons (Fsp3) is 0.455. The molecule has 2 amide bonds. The molecule has 2 fully saturated rings. The number of esters is 1. The molecule has 14 nitrogen and oxygen atoms in total. The number of nitrogens with one attached hydrogen (secondary N) is 2. The number of hydrogen-bond donors (Lipinski definition) is 2. The summed E-state index contributed by atoms with van der Waals surface area (Å²) in [7, 11) is -4.07. The quantitative estimate of drug-likeness (QED) is 0.123. The highest BCUT2D eigenvalue weighted by Gasteiger charge is 2.30. The summed E-state index contributed by atoms with van der Waals surface area (Å²) in [5.41, 5.74) is 5.34. The Labute approximate surface area is 354 Å². The fourth-order valence-corrected chi connectivity index (χ4v) is 10.6. The van der Waals surface area contributed by atoms with E-state index in [4.69, 9.17) is 14.8 Å². The van der Waals surface area contributed by atoms with Gasteiger partial charge in [0.15, 0.2) is 5.13 Å². The molecule has 0 bridgehead atoms. The molecule has 16 heteroatoms. The van der Waals surface area contributed by atoms with Crippen LogP contribution in [0.5, 0.6) is 0 Å². The molecule has 1 saturated carbocycles. The Bertz CT molecular complexity index is 2450. The van der Waals surface area contributed by atoms with Gasteiger partial charge in [0.25, 0.3) is 11.8 Å². The summed E-state index contributed by atoms with van der Waals surface area (Å²) in [4.78, 5) is 53.7. The van der Waals surface area contributed by atoms with Crippen molar-refractivity contribution in [1.29, 1.82) is 0 Å². The normalized spacial score (nSPS) is 16.7. The third kappa shape index (κ3) is 9.40. The Kier molecular flexibility index (Phi) is 12.6. The van der Waals surface area contributed by atoms with Crippen molar-refractivity contribution in [3.05, 3.63) is 88.9 Å². The Morgan fingerprint density at radius 1 is 0.900 bits per heavy atom. The van der Waals surface area contributed by atoms with Gasteiger partial charge in [-0.25, -0.2) is 23.1 Å². The first-order chi connectivity index (χ1) is 29.0. The first kappa shape index (κ1) is 41.5. The van der Waals surface area contributed by atoms with Gasteiger partial charge in [0.1, 0.15) is 11.5 Å². The lowest BCUT2D eigenvalue weighted by molar-refractivity contribution is -0.149. The Morgan fingerprint density at radius 2 is 1.70 bits per heavy atom. The number of piperidine rings is 1. The Hall–Kier alpha value is -5.19. The number of hydrogen-bond acceptors (Lipinski definition) is 12. The van der Waals surface area contributed by atoms with Gasteiger partial charge in [-0.1, -0.05) is 54.9 Å². The number of carbonyl (C=O) groups is 3. The van der Waals surface area contributed by atoms with Gasteiger partial charge in [0, 0.05) is 48.6 Å². The summed E-state index contributed by atoms with van der Waals surface area (Å²) in [6, 6.07) is 17.1. The molecule has 3 aliphatic rings. The maximum absolute atomic E-state index is 14.2. The van der Waals surface area contributed by atoms with E-state index in [1.54, 1.807) is 13.1 Å². The average Bonchev–Trinajstić information content (AvgIpc) is 3.84. The molecule has 60 heavy (non-hydrogen) atoms. The van der Waals surface area contributed by atoms with Gasteiger partial charge in [0.2, 0.25) is 10.0 Å². The minimum atomic E-state index is -4.07. The summed E-state index contributed by atoms with van der Waals surface area (Å²) in [6.45, 7) is 7.15. The lowest BCUT2D eigenvalue weighted by Gasteiger charge is -2.31. The highest BCUT2D eigenvalue weighted by Crippen LogP contribution is 2.33. The monoisotopic (exact) mass is 852 g/mol.